The van der Waals surface area contributed by atoms with Gasteiger partial charge in [-0.2, -0.15) is 0 Å². The molecule has 0 aromatic heterocycles. The number of nitrogens with zero attached hydrogens (tertiary/aromatic N) is 1. The summed E-state index contributed by atoms with van der Waals surface area (Å²) in [6, 6.07) is 7.27. The number of nitro benzene ring substituents is 1. The molecule has 0 atom stereocenters. The van der Waals surface area contributed by atoms with E-state index < -0.39 is 22.5 Å². The fourth-order valence-electron chi connectivity index (χ4n) is 1.90. The molecule has 2 aromatic rings. The van der Waals surface area contributed by atoms with Crippen LogP contribution in [0.3, 0.4) is 0 Å². The minimum Gasteiger partial charge on any atom is -0.374 e. The molecule has 0 aliphatic rings. The quantitative estimate of drug-likeness (QED) is 0.654. The third-order valence-corrected chi connectivity index (χ3v) is 2.99. The van der Waals surface area contributed by atoms with E-state index in [1.54, 1.807) is 13.0 Å². The predicted molar refractivity (Wildman–Crippen MR) is 81.3 cm³/mol. The number of benzene rings is 2. The Labute approximate surface area is 130 Å². The molecule has 0 heterocycles. The first-order chi connectivity index (χ1) is 10.9. The molecular weight excluding hydrogens is 308 g/mol. The third kappa shape index (κ3) is 4.22. The van der Waals surface area contributed by atoms with Crippen molar-refractivity contribution in [3.63, 3.8) is 0 Å². The molecule has 0 spiro atoms. The summed E-state index contributed by atoms with van der Waals surface area (Å²) >= 11 is 0. The number of halogens is 2. The topological polar surface area (TPSA) is 84.3 Å². The summed E-state index contributed by atoms with van der Waals surface area (Å²) in [5.74, 6) is -2.16. The van der Waals surface area contributed by atoms with Crippen LogP contribution in [0.5, 0.6) is 0 Å². The minimum atomic E-state index is -0.834. The van der Waals surface area contributed by atoms with Crippen LogP contribution in [0.25, 0.3) is 0 Å². The molecule has 0 aliphatic heterocycles. The molecule has 2 aromatic carbocycles. The molecule has 8 heteroatoms. The highest BCUT2D eigenvalue weighted by atomic mass is 19.1. The first-order valence-corrected chi connectivity index (χ1v) is 6.60. The number of rotatable bonds is 5. The summed E-state index contributed by atoms with van der Waals surface area (Å²) in [5.41, 5.74) is 0.458. The highest BCUT2D eigenvalue weighted by molar-refractivity contribution is 5.95. The second-order valence-corrected chi connectivity index (χ2v) is 4.80. The SMILES string of the molecule is Cc1ccc(NC(=O)CNc2ccc(F)cc2F)c([N+](=O)[O-])c1. The van der Waals surface area contributed by atoms with Gasteiger partial charge in [0.2, 0.25) is 5.91 Å². The molecule has 120 valence electrons. The van der Waals surface area contributed by atoms with Gasteiger partial charge in [-0.15, -0.1) is 0 Å². The highest BCUT2D eigenvalue weighted by Gasteiger charge is 2.16. The summed E-state index contributed by atoms with van der Waals surface area (Å²) in [7, 11) is 0. The lowest BCUT2D eigenvalue weighted by Crippen LogP contribution is -2.22. The summed E-state index contributed by atoms with van der Waals surface area (Å²) in [6.45, 7) is 1.37. The monoisotopic (exact) mass is 321 g/mol. The van der Waals surface area contributed by atoms with E-state index in [1.807, 2.05) is 0 Å². The molecule has 0 radical (unpaired) electrons. The fraction of sp³-hybridized carbons (Fsp3) is 0.133. The van der Waals surface area contributed by atoms with Crippen molar-refractivity contribution < 1.29 is 18.5 Å². The maximum absolute atomic E-state index is 13.4. The van der Waals surface area contributed by atoms with Gasteiger partial charge >= 0.3 is 0 Å². The largest absolute Gasteiger partial charge is 0.374 e. The molecule has 0 aliphatic carbocycles. The lowest BCUT2D eigenvalue weighted by atomic mass is 10.2. The Balaban J connectivity index is 2.04. The van der Waals surface area contributed by atoms with Crippen LogP contribution in [-0.2, 0) is 4.79 Å². The van der Waals surface area contributed by atoms with Crippen LogP contribution in [0.15, 0.2) is 36.4 Å². The second-order valence-electron chi connectivity index (χ2n) is 4.80. The fourth-order valence-corrected chi connectivity index (χ4v) is 1.90. The summed E-state index contributed by atoms with van der Waals surface area (Å²) in [5, 5.41) is 15.8. The lowest BCUT2D eigenvalue weighted by molar-refractivity contribution is -0.384. The predicted octanol–water partition coefficient (Wildman–Crippen LogP) is 3.23. The van der Waals surface area contributed by atoms with E-state index in [-0.39, 0.29) is 23.6 Å². The summed E-state index contributed by atoms with van der Waals surface area (Å²) in [4.78, 5) is 22.2. The van der Waals surface area contributed by atoms with Crippen molar-refractivity contribution in [1.82, 2.24) is 0 Å². The van der Waals surface area contributed by atoms with Crippen LogP contribution in [0.1, 0.15) is 5.56 Å². The van der Waals surface area contributed by atoms with Crippen LogP contribution >= 0.6 is 0 Å². The molecule has 1 amide bonds. The van der Waals surface area contributed by atoms with Gasteiger partial charge in [0.05, 0.1) is 17.2 Å². The van der Waals surface area contributed by atoms with Crippen LogP contribution in [0.2, 0.25) is 0 Å². The van der Waals surface area contributed by atoms with Gasteiger partial charge in [-0.05, 0) is 30.7 Å². The van der Waals surface area contributed by atoms with E-state index in [2.05, 4.69) is 10.6 Å². The van der Waals surface area contributed by atoms with Gasteiger partial charge in [-0.25, -0.2) is 8.78 Å². The average Bonchev–Trinajstić information content (AvgIpc) is 2.48. The zero-order chi connectivity index (χ0) is 17.0. The van der Waals surface area contributed by atoms with Gasteiger partial charge in [0.1, 0.15) is 17.3 Å². The van der Waals surface area contributed by atoms with Crippen molar-refractivity contribution >= 4 is 23.0 Å². The van der Waals surface area contributed by atoms with E-state index in [4.69, 9.17) is 0 Å². The molecule has 0 bridgehead atoms. The summed E-state index contributed by atoms with van der Waals surface area (Å²) in [6.07, 6.45) is 0. The van der Waals surface area contributed by atoms with Crippen LogP contribution in [0, 0.1) is 28.7 Å². The van der Waals surface area contributed by atoms with E-state index in [9.17, 15) is 23.7 Å². The van der Waals surface area contributed by atoms with Gasteiger partial charge in [-0.3, -0.25) is 14.9 Å². The van der Waals surface area contributed by atoms with Gasteiger partial charge in [0.25, 0.3) is 5.69 Å². The maximum atomic E-state index is 13.4. The lowest BCUT2D eigenvalue weighted by Gasteiger charge is -2.09. The standard InChI is InChI=1S/C15H13F2N3O3/c1-9-2-4-13(14(6-9)20(22)23)19-15(21)8-18-12-5-3-10(16)7-11(12)17/h2-7,18H,8H2,1H3,(H,19,21). The number of hydrogen-bond acceptors (Lipinski definition) is 4. The Bertz CT molecular complexity index is 766. The number of hydrogen-bond donors (Lipinski definition) is 2. The number of nitro groups is 1. The number of carbonyl (C=O) groups is 1. The number of carbonyl (C=O) groups excluding carboxylic acids is 1. The molecule has 0 saturated carbocycles. The number of aryl methyl sites for hydroxylation is 1. The van der Waals surface area contributed by atoms with Crippen LogP contribution in [-0.4, -0.2) is 17.4 Å². The first kappa shape index (κ1) is 16.3. The number of anilines is 2. The number of amides is 1. The van der Waals surface area contributed by atoms with Gasteiger partial charge < -0.3 is 10.6 Å². The van der Waals surface area contributed by atoms with Gasteiger partial charge in [0.15, 0.2) is 0 Å². The van der Waals surface area contributed by atoms with E-state index in [1.165, 1.54) is 12.1 Å². The Morgan fingerprint density at radius 3 is 2.52 bits per heavy atom. The molecule has 0 fully saturated rings. The molecule has 23 heavy (non-hydrogen) atoms. The van der Waals surface area contributed by atoms with Crippen molar-refractivity contribution in [2.75, 3.05) is 17.2 Å². The molecule has 2 N–H and O–H groups in total. The molecule has 0 unspecified atom stereocenters. The molecule has 0 saturated heterocycles. The molecule has 6 nitrogen and oxygen atoms in total. The summed E-state index contributed by atoms with van der Waals surface area (Å²) < 4.78 is 26.2. The van der Waals surface area contributed by atoms with Crippen molar-refractivity contribution in [1.29, 1.82) is 0 Å². The minimum absolute atomic E-state index is 0.0417. The Morgan fingerprint density at radius 2 is 1.87 bits per heavy atom. The average molecular weight is 321 g/mol. The first-order valence-electron chi connectivity index (χ1n) is 6.60. The van der Waals surface area contributed by atoms with Crippen LogP contribution in [0.4, 0.5) is 25.8 Å². The smallest absolute Gasteiger partial charge is 0.293 e. The zero-order valence-electron chi connectivity index (χ0n) is 12.1. The van der Waals surface area contributed by atoms with E-state index >= 15 is 0 Å². The normalized spacial score (nSPS) is 10.2. The van der Waals surface area contributed by atoms with Crippen molar-refractivity contribution in [3.05, 3.63) is 63.7 Å². The number of nitrogens with one attached hydrogen (secondary N) is 2. The van der Waals surface area contributed by atoms with Crippen LogP contribution < -0.4 is 10.6 Å². The molecular formula is C15H13F2N3O3. The van der Waals surface area contributed by atoms with Gasteiger partial charge in [-0.1, -0.05) is 6.07 Å². The maximum Gasteiger partial charge on any atom is 0.293 e. The van der Waals surface area contributed by atoms with E-state index in [0.717, 1.165) is 12.1 Å². The van der Waals surface area contributed by atoms with Crippen molar-refractivity contribution in [3.8, 4) is 0 Å². The Morgan fingerprint density at radius 1 is 1.17 bits per heavy atom. The Kier molecular flexibility index (Phi) is 4.85. The second kappa shape index (κ2) is 6.82. The Hall–Kier alpha value is -3.03. The van der Waals surface area contributed by atoms with Crippen molar-refractivity contribution in [2.45, 2.75) is 6.92 Å². The third-order valence-electron chi connectivity index (χ3n) is 2.99. The van der Waals surface area contributed by atoms with Gasteiger partial charge in [0, 0.05) is 12.1 Å². The van der Waals surface area contributed by atoms with Crippen molar-refractivity contribution in [2.24, 2.45) is 0 Å². The molecule has 2 rings (SSSR count). The van der Waals surface area contributed by atoms with E-state index in [0.29, 0.717) is 11.6 Å². The highest BCUT2D eigenvalue weighted by Crippen LogP contribution is 2.25. The zero-order valence-corrected chi connectivity index (χ0v) is 12.1.